The Kier molecular flexibility index (Phi) is 4.65. The molecule has 0 bridgehead atoms. The minimum atomic E-state index is -0.494. The van der Waals surface area contributed by atoms with Crippen molar-refractivity contribution in [2.45, 2.75) is 0 Å². The number of rotatable bonds is 5. The molecule has 0 aliphatic carbocycles. The molecule has 2 aromatic carbocycles. The molecule has 0 fully saturated rings. The molecule has 0 saturated heterocycles. The Hall–Kier alpha value is -3.35. The topological polar surface area (TPSA) is 90.5 Å². The molecule has 0 radical (unpaired) electrons. The van der Waals surface area contributed by atoms with E-state index in [-0.39, 0.29) is 12.2 Å². The van der Waals surface area contributed by atoms with Gasteiger partial charge < -0.3 is 19.2 Å². The van der Waals surface area contributed by atoms with E-state index in [0.29, 0.717) is 33.8 Å². The highest BCUT2D eigenvalue weighted by Crippen LogP contribution is 2.31. The lowest BCUT2D eigenvalue weighted by molar-refractivity contribution is -0.142. The molecule has 0 unspecified atom stereocenters. The van der Waals surface area contributed by atoms with E-state index in [1.165, 1.54) is 14.2 Å². The van der Waals surface area contributed by atoms with Crippen LogP contribution in [0.3, 0.4) is 0 Å². The Morgan fingerprint density at radius 2 is 1.92 bits per heavy atom. The van der Waals surface area contributed by atoms with E-state index < -0.39 is 5.97 Å². The smallest absolute Gasteiger partial charge is 0.343 e. The van der Waals surface area contributed by atoms with Gasteiger partial charge in [-0.2, -0.15) is 0 Å². The number of aromatic amines is 1. The van der Waals surface area contributed by atoms with E-state index in [9.17, 15) is 9.59 Å². The number of carbonyl (C=O) groups excluding carboxylic acids is 1. The second-order valence-electron chi connectivity index (χ2n) is 5.16. The predicted molar refractivity (Wildman–Crippen MR) is 91.9 cm³/mol. The van der Waals surface area contributed by atoms with Gasteiger partial charge in [0.25, 0.3) is 5.56 Å². The highest BCUT2D eigenvalue weighted by Gasteiger charge is 2.12. The Labute approximate surface area is 143 Å². The van der Waals surface area contributed by atoms with Gasteiger partial charge >= 0.3 is 5.97 Å². The van der Waals surface area contributed by atoms with Crippen LogP contribution in [-0.4, -0.2) is 36.8 Å². The number of fused-ring (bicyclic) bond motifs is 1. The number of aromatic nitrogens is 2. The van der Waals surface area contributed by atoms with Crippen LogP contribution in [0.5, 0.6) is 11.5 Å². The van der Waals surface area contributed by atoms with Crippen molar-refractivity contribution in [3.63, 3.8) is 0 Å². The third kappa shape index (κ3) is 3.45. The molecule has 0 aliphatic heterocycles. The average molecular weight is 340 g/mol. The van der Waals surface area contributed by atoms with Gasteiger partial charge in [0.15, 0.2) is 18.1 Å². The largest absolute Gasteiger partial charge is 0.493 e. The van der Waals surface area contributed by atoms with Crippen LogP contribution in [0.1, 0.15) is 0 Å². The summed E-state index contributed by atoms with van der Waals surface area (Å²) in [5.74, 6) is 0.727. The van der Waals surface area contributed by atoms with E-state index in [2.05, 4.69) is 14.7 Å². The van der Waals surface area contributed by atoms with Crippen molar-refractivity contribution in [1.29, 1.82) is 0 Å². The maximum atomic E-state index is 12.2. The van der Waals surface area contributed by atoms with E-state index in [1.54, 1.807) is 36.4 Å². The first kappa shape index (κ1) is 16.5. The van der Waals surface area contributed by atoms with Gasteiger partial charge in [0.2, 0.25) is 0 Å². The molecule has 3 rings (SSSR count). The molecule has 0 aliphatic rings. The van der Waals surface area contributed by atoms with Gasteiger partial charge in [-0.25, -0.2) is 9.78 Å². The number of para-hydroxylation sites is 1. The molecule has 0 saturated carbocycles. The normalized spacial score (nSPS) is 10.5. The maximum absolute atomic E-state index is 12.2. The average Bonchev–Trinajstić information content (AvgIpc) is 2.65. The molecule has 0 amide bonds. The highest BCUT2D eigenvalue weighted by molar-refractivity contribution is 5.79. The van der Waals surface area contributed by atoms with Crippen LogP contribution in [0.4, 0.5) is 0 Å². The van der Waals surface area contributed by atoms with E-state index in [4.69, 9.17) is 9.47 Å². The van der Waals surface area contributed by atoms with Gasteiger partial charge in [0, 0.05) is 5.56 Å². The Bertz CT molecular complexity index is 981. The van der Waals surface area contributed by atoms with E-state index in [0.717, 1.165) is 0 Å². The summed E-state index contributed by atoms with van der Waals surface area (Å²) in [4.78, 5) is 30.6. The zero-order chi connectivity index (χ0) is 17.8. The summed E-state index contributed by atoms with van der Waals surface area (Å²) in [5, 5.41) is 0.524. The molecule has 0 atom stereocenters. The number of nitrogens with one attached hydrogen (secondary N) is 1. The summed E-state index contributed by atoms with van der Waals surface area (Å²) in [6, 6.07) is 12.2. The molecular weight excluding hydrogens is 324 g/mol. The summed E-state index contributed by atoms with van der Waals surface area (Å²) >= 11 is 0. The Morgan fingerprint density at radius 3 is 2.68 bits per heavy atom. The number of ether oxygens (including phenoxy) is 3. The molecule has 25 heavy (non-hydrogen) atoms. The summed E-state index contributed by atoms with van der Waals surface area (Å²) in [6.45, 7) is -0.225. The molecule has 1 heterocycles. The van der Waals surface area contributed by atoms with Crippen molar-refractivity contribution in [2.24, 2.45) is 0 Å². The number of benzene rings is 2. The third-order valence-corrected chi connectivity index (χ3v) is 3.62. The van der Waals surface area contributed by atoms with Gasteiger partial charge in [0.05, 0.1) is 25.1 Å². The zero-order valence-electron chi connectivity index (χ0n) is 13.7. The van der Waals surface area contributed by atoms with E-state index >= 15 is 0 Å². The lowest BCUT2D eigenvalue weighted by atomic mass is 10.1. The summed E-state index contributed by atoms with van der Waals surface area (Å²) in [6.07, 6.45) is 0. The van der Waals surface area contributed by atoms with Crippen LogP contribution in [0.2, 0.25) is 0 Å². The summed E-state index contributed by atoms with van der Waals surface area (Å²) < 4.78 is 15.2. The highest BCUT2D eigenvalue weighted by atomic mass is 16.6. The first-order chi connectivity index (χ1) is 12.1. The van der Waals surface area contributed by atoms with Crippen molar-refractivity contribution < 1.29 is 19.0 Å². The van der Waals surface area contributed by atoms with Crippen LogP contribution in [0, 0.1) is 0 Å². The first-order valence-corrected chi connectivity index (χ1v) is 7.49. The van der Waals surface area contributed by atoms with Crippen LogP contribution in [-0.2, 0) is 9.53 Å². The standard InChI is InChI=1S/C18H16N2O5/c1-23-15-9-11(7-8-14(15)25-10-16(21)24-2)17-19-13-6-4-3-5-12(13)18(22)20-17/h3-9H,10H2,1-2H3,(H,19,20,22). The predicted octanol–water partition coefficient (Wildman–Crippen LogP) is 2.15. The fraction of sp³-hybridized carbons (Fsp3) is 0.167. The number of hydrogen-bond acceptors (Lipinski definition) is 6. The van der Waals surface area contributed by atoms with Crippen LogP contribution >= 0.6 is 0 Å². The number of esters is 1. The van der Waals surface area contributed by atoms with Crippen LogP contribution in [0.15, 0.2) is 47.3 Å². The maximum Gasteiger partial charge on any atom is 0.343 e. The van der Waals surface area contributed by atoms with Crippen LogP contribution < -0.4 is 15.0 Å². The molecule has 3 aromatic rings. The second-order valence-corrected chi connectivity index (χ2v) is 5.16. The zero-order valence-corrected chi connectivity index (χ0v) is 13.7. The molecule has 128 valence electrons. The SMILES string of the molecule is COC(=O)COc1ccc(-c2nc3ccccc3c(=O)[nH]2)cc1OC. The molecule has 7 nitrogen and oxygen atoms in total. The van der Waals surface area contributed by atoms with Gasteiger partial charge in [0.1, 0.15) is 5.82 Å². The quantitative estimate of drug-likeness (QED) is 0.716. The number of carbonyl (C=O) groups is 1. The first-order valence-electron chi connectivity index (χ1n) is 7.49. The number of methoxy groups -OCH3 is 2. The molecule has 0 spiro atoms. The summed E-state index contributed by atoms with van der Waals surface area (Å²) in [5.41, 5.74) is 1.04. The molecule has 1 aromatic heterocycles. The summed E-state index contributed by atoms with van der Waals surface area (Å²) in [7, 11) is 2.77. The minimum absolute atomic E-state index is 0.217. The third-order valence-electron chi connectivity index (χ3n) is 3.62. The van der Waals surface area contributed by atoms with Crippen molar-refractivity contribution in [2.75, 3.05) is 20.8 Å². The van der Waals surface area contributed by atoms with Crippen molar-refractivity contribution in [1.82, 2.24) is 9.97 Å². The van der Waals surface area contributed by atoms with Crippen molar-refractivity contribution in [3.05, 3.63) is 52.8 Å². The Balaban J connectivity index is 1.98. The van der Waals surface area contributed by atoms with E-state index in [1.807, 2.05) is 6.07 Å². The molecule has 1 N–H and O–H groups in total. The fourth-order valence-corrected chi connectivity index (χ4v) is 2.35. The Morgan fingerprint density at radius 1 is 1.12 bits per heavy atom. The van der Waals surface area contributed by atoms with Gasteiger partial charge in [-0.3, -0.25) is 4.79 Å². The lowest BCUT2D eigenvalue weighted by Gasteiger charge is -2.11. The van der Waals surface area contributed by atoms with Crippen molar-refractivity contribution >= 4 is 16.9 Å². The molecule has 7 heteroatoms. The minimum Gasteiger partial charge on any atom is -0.493 e. The lowest BCUT2D eigenvalue weighted by Crippen LogP contribution is -2.13. The fourth-order valence-electron chi connectivity index (χ4n) is 2.35. The van der Waals surface area contributed by atoms with Gasteiger partial charge in [-0.1, -0.05) is 12.1 Å². The molecular formula is C18H16N2O5. The second kappa shape index (κ2) is 7.04. The van der Waals surface area contributed by atoms with Crippen molar-refractivity contribution in [3.8, 4) is 22.9 Å². The number of nitrogens with zero attached hydrogens (tertiary/aromatic N) is 1. The number of hydrogen-bond donors (Lipinski definition) is 1. The number of H-pyrrole nitrogens is 1. The van der Waals surface area contributed by atoms with Crippen LogP contribution in [0.25, 0.3) is 22.3 Å². The van der Waals surface area contributed by atoms with Gasteiger partial charge in [-0.05, 0) is 30.3 Å². The monoisotopic (exact) mass is 340 g/mol. The van der Waals surface area contributed by atoms with Gasteiger partial charge in [-0.15, -0.1) is 0 Å².